The Hall–Kier alpha value is -2.25. The van der Waals surface area contributed by atoms with E-state index in [0.29, 0.717) is 22.1 Å². The van der Waals surface area contributed by atoms with Crippen LogP contribution < -0.4 is 14.5 Å². The van der Waals surface area contributed by atoms with Gasteiger partial charge in [0.05, 0.1) is 30.7 Å². The number of nitrogens with zero attached hydrogens (tertiary/aromatic N) is 2. The zero-order valence-corrected chi connectivity index (χ0v) is 15.6. The lowest BCUT2D eigenvalue weighted by atomic mass is 10.1. The van der Waals surface area contributed by atoms with Gasteiger partial charge in [-0.2, -0.15) is 0 Å². The summed E-state index contributed by atoms with van der Waals surface area (Å²) in [5, 5.41) is 0.558. The standard InChI is InChI=1S/C18H17ClN2O4S/c1-25-15-8-6-14(7-9-15)21-17-11-26(23,24)10-16(17)20(18(21)22)13-4-2-12(19)3-5-13/h2-9,16-17H,10-11H2,1H3/t16-,17+/m1/s1. The largest absolute Gasteiger partial charge is 0.497 e. The van der Waals surface area contributed by atoms with E-state index in [1.54, 1.807) is 65.4 Å². The number of urea groups is 1. The van der Waals surface area contributed by atoms with Gasteiger partial charge >= 0.3 is 6.03 Å². The van der Waals surface area contributed by atoms with Crippen LogP contribution in [0.2, 0.25) is 5.02 Å². The van der Waals surface area contributed by atoms with E-state index in [4.69, 9.17) is 16.3 Å². The topological polar surface area (TPSA) is 66.9 Å². The molecule has 2 aliphatic rings. The normalized spacial score (nSPS) is 24.0. The van der Waals surface area contributed by atoms with Gasteiger partial charge in [0, 0.05) is 16.4 Å². The third-order valence-electron chi connectivity index (χ3n) is 4.82. The van der Waals surface area contributed by atoms with Gasteiger partial charge < -0.3 is 4.74 Å². The van der Waals surface area contributed by atoms with Crippen LogP contribution in [0, 0.1) is 0 Å². The summed E-state index contributed by atoms with van der Waals surface area (Å²) in [6.07, 6.45) is 0. The highest BCUT2D eigenvalue weighted by atomic mass is 35.5. The third kappa shape index (κ3) is 2.81. The molecule has 6 nitrogen and oxygen atoms in total. The number of hydrogen-bond donors (Lipinski definition) is 0. The predicted molar refractivity (Wildman–Crippen MR) is 101 cm³/mol. The maximum absolute atomic E-state index is 13.2. The lowest BCUT2D eigenvalue weighted by molar-refractivity contribution is 0.255. The number of rotatable bonds is 3. The first kappa shape index (κ1) is 17.2. The molecule has 2 aromatic rings. The molecule has 0 spiro atoms. The fourth-order valence-corrected chi connectivity index (χ4v) is 5.70. The monoisotopic (exact) mass is 392 g/mol. The smallest absolute Gasteiger partial charge is 0.329 e. The van der Waals surface area contributed by atoms with Crippen molar-refractivity contribution in [3.8, 4) is 5.75 Å². The first-order valence-corrected chi connectivity index (χ1v) is 10.3. The number of benzene rings is 2. The fourth-order valence-electron chi connectivity index (χ4n) is 3.65. The number of hydrogen-bond acceptors (Lipinski definition) is 4. The Morgan fingerprint density at radius 1 is 0.923 bits per heavy atom. The molecule has 136 valence electrons. The average Bonchev–Trinajstić information content (AvgIpc) is 3.05. The Morgan fingerprint density at radius 3 is 1.85 bits per heavy atom. The SMILES string of the molecule is COc1ccc(N2C(=O)N(c3ccc(Cl)cc3)[C@@H]3CS(=O)(=O)C[C@@H]32)cc1. The molecule has 8 heteroatoms. The number of fused-ring (bicyclic) bond motifs is 1. The molecule has 0 N–H and O–H groups in total. The molecule has 2 fully saturated rings. The Labute approximate surface area is 156 Å². The van der Waals surface area contributed by atoms with Crippen LogP contribution in [0.1, 0.15) is 0 Å². The highest BCUT2D eigenvalue weighted by Gasteiger charge is 2.54. The molecule has 0 radical (unpaired) electrons. The minimum absolute atomic E-state index is 0.0421. The number of methoxy groups -OCH3 is 1. The molecule has 2 aliphatic heterocycles. The second-order valence-electron chi connectivity index (χ2n) is 6.41. The van der Waals surface area contributed by atoms with Gasteiger partial charge in [0.2, 0.25) is 0 Å². The van der Waals surface area contributed by atoms with Gasteiger partial charge in [-0.05, 0) is 48.5 Å². The fraction of sp³-hybridized carbons (Fsp3) is 0.278. The van der Waals surface area contributed by atoms with E-state index in [0.717, 1.165) is 0 Å². The highest BCUT2D eigenvalue weighted by molar-refractivity contribution is 7.91. The van der Waals surface area contributed by atoms with Crippen LogP contribution in [0.3, 0.4) is 0 Å². The summed E-state index contributed by atoms with van der Waals surface area (Å²) in [5.41, 5.74) is 1.29. The van der Waals surface area contributed by atoms with Crippen LogP contribution in [0.25, 0.3) is 0 Å². The van der Waals surface area contributed by atoms with Crippen LogP contribution >= 0.6 is 11.6 Å². The molecule has 2 saturated heterocycles. The van der Waals surface area contributed by atoms with Crippen molar-refractivity contribution in [3.63, 3.8) is 0 Å². The quantitative estimate of drug-likeness (QED) is 0.753. The molecule has 0 aliphatic carbocycles. The molecule has 4 rings (SSSR count). The lowest BCUT2D eigenvalue weighted by Gasteiger charge is -2.23. The molecule has 0 unspecified atom stereocenters. The summed E-state index contributed by atoms with van der Waals surface area (Å²) in [7, 11) is -1.65. The van der Waals surface area contributed by atoms with Gasteiger partial charge in [-0.3, -0.25) is 9.80 Å². The molecule has 2 heterocycles. The second-order valence-corrected chi connectivity index (χ2v) is 9.00. The summed E-state index contributed by atoms with van der Waals surface area (Å²) in [6.45, 7) is 0. The Balaban J connectivity index is 1.77. The summed E-state index contributed by atoms with van der Waals surface area (Å²) >= 11 is 5.94. The molecule has 2 amide bonds. The Morgan fingerprint density at radius 2 is 1.38 bits per heavy atom. The summed E-state index contributed by atoms with van der Waals surface area (Å²) < 4.78 is 29.7. The summed E-state index contributed by atoms with van der Waals surface area (Å²) in [5.74, 6) is 0.587. The van der Waals surface area contributed by atoms with Gasteiger partial charge in [0.25, 0.3) is 0 Å². The van der Waals surface area contributed by atoms with Crippen molar-refractivity contribution in [3.05, 3.63) is 53.6 Å². The summed E-state index contributed by atoms with van der Waals surface area (Å²) in [6, 6.07) is 12.8. The summed E-state index contributed by atoms with van der Waals surface area (Å²) in [4.78, 5) is 16.3. The zero-order chi connectivity index (χ0) is 18.5. The number of amides is 2. The van der Waals surface area contributed by atoms with Gasteiger partial charge in [-0.1, -0.05) is 11.6 Å². The molecule has 2 aromatic carbocycles. The number of carbonyl (C=O) groups is 1. The Kier molecular flexibility index (Phi) is 4.08. The first-order valence-electron chi connectivity index (χ1n) is 8.12. The molecular weight excluding hydrogens is 376 g/mol. The maximum atomic E-state index is 13.2. The minimum atomic E-state index is -3.22. The number of carbonyl (C=O) groups excluding carboxylic acids is 1. The van der Waals surface area contributed by atoms with Crippen LogP contribution in [0.15, 0.2) is 48.5 Å². The van der Waals surface area contributed by atoms with Crippen molar-refractivity contribution < 1.29 is 17.9 Å². The molecular formula is C18H17ClN2O4S. The number of anilines is 2. The van der Waals surface area contributed by atoms with Crippen molar-refractivity contribution in [1.82, 2.24) is 0 Å². The maximum Gasteiger partial charge on any atom is 0.329 e. The number of sulfone groups is 1. The lowest BCUT2D eigenvalue weighted by Crippen LogP contribution is -2.37. The van der Waals surface area contributed by atoms with Crippen molar-refractivity contribution in [2.24, 2.45) is 0 Å². The minimum Gasteiger partial charge on any atom is -0.497 e. The number of ether oxygens (including phenoxy) is 1. The van der Waals surface area contributed by atoms with Crippen molar-refractivity contribution in [1.29, 1.82) is 0 Å². The predicted octanol–water partition coefficient (Wildman–Crippen LogP) is 2.96. The second kappa shape index (κ2) is 6.17. The Bertz CT molecular complexity index is 944. The van der Waals surface area contributed by atoms with Crippen LogP contribution in [0.4, 0.5) is 16.2 Å². The van der Waals surface area contributed by atoms with E-state index in [-0.39, 0.29) is 17.5 Å². The molecule has 2 atom stereocenters. The van der Waals surface area contributed by atoms with Gasteiger partial charge in [0.1, 0.15) is 5.75 Å². The third-order valence-corrected chi connectivity index (χ3v) is 6.78. The molecule has 0 saturated carbocycles. The van der Waals surface area contributed by atoms with E-state index in [2.05, 4.69) is 0 Å². The average molecular weight is 393 g/mol. The van der Waals surface area contributed by atoms with E-state index in [1.807, 2.05) is 0 Å². The zero-order valence-electron chi connectivity index (χ0n) is 14.0. The van der Waals surface area contributed by atoms with Crippen molar-refractivity contribution in [2.45, 2.75) is 12.1 Å². The molecule has 26 heavy (non-hydrogen) atoms. The van der Waals surface area contributed by atoms with E-state index < -0.39 is 21.9 Å². The van der Waals surface area contributed by atoms with Gasteiger partial charge in [-0.15, -0.1) is 0 Å². The van der Waals surface area contributed by atoms with E-state index in [9.17, 15) is 13.2 Å². The van der Waals surface area contributed by atoms with Crippen LogP contribution in [-0.4, -0.2) is 45.1 Å². The molecule has 0 aromatic heterocycles. The van der Waals surface area contributed by atoms with Crippen molar-refractivity contribution >= 4 is 38.8 Å². The highest BCUT2D eigenvalue weighted by Crippen LogP contribution is 2.38. The molecule has 0 bridgehead atoms. The van der Waals surface area contributed by atoms with E-state index in [1.165, 1.54) is 0 Å². The van der Waals surface area contributed by atoms with Crippen LogP contribution in [-0.2, 0) is 9.84 Å². The van der Waals surface area contributed by atoms with Gasteiger partial charge in [0.15, 0.2) is 9.84 Å². The van der Waals surface area contributed by atoms with Gasteiger partial charge in [-0.25, -0.2) is 13.2 Å². The number of halogens is 1. The van der Waals surface area contributed by atoms with E-state index >= 15 is 0 Å². The first-order chi connectivity index (χ1) is 12.4. The van der Waals surface area contributed by atoms with Crippen LogP contribution in [0.5, 0.6) is 5.75 Å². The van der Waals surface area contributed by atoms with Crippen molar-refractivity contribution in [2.75, 3.05) is 28.4 Å².